The number of aliphatic hydroxyl groups excluding tert-OH is 1. The van der Waals surface area contributed by atoms with E-state index < -0.39 is 10.8 Å². The maximum atomic E-state index is 12.7. The van der Waals surface area contributed by atoms with Crippen molar-refractivity contribution in [1.82, 2.24) is 29.7 Å². The van der Waals surface area contributed by atoms with Gasteiger partial charge in [-0.3, -0.25) is 19.6 Å². The van der Waals surface area contributed by atoms with Gasteiger partial charge in [-0.15, -0.1) is 10.2 Å². The van der Waals surface area contributed by atoms with Crippen LogP contribution in [0.1, 0.15) is 38.8 Å². The summed E-state index contributed by atoms with van der Waals surface area (Å²) in [4.78, 5) is 41.0. The molecule has 0 saturated carbocycles. The number of aliphatic hydroxyl groups is 1. The zero-order valence-electron chi connectivity index (χ0n) is 28.4. The Morgan fingerprint density at radius 1 is 0.760 bits per heavy atom. The molecule has 0 unspecified atom stereocenters. The molecule has 0 saturated heterocycles. The fourth-order valence-electron chi connectivity index (χ4n) is 6.51. The van der Waals surface area contributed by atoms with E-state index in [1.54, 1.807) is 53.0 Å². The van der Waals surface area contributed by atoms with Gasteiger partial charge in [-0.1, -0.05) is 12.1 Å². The third-order valence-electron chi connectivity index (χ3n) is 9.36. The summed E-state index contributed by atoms with van der Waals surface area (Å²) in [5, 5.41) is 17.5. The number of anilines is 2. The molecule has 12 nitrogen and oxygen atoms in total. The van der Waals surface area contributed by atoms with Gasteiger partial charge in [-0.25, -0.2) is 4.98 Å². The van der Waals surface area contributed by atoms with Gasteiger partial charge < -0.3 is 23.9 Å². The number of amides is 2. The van der Waals surface area contributed by atoms with Crippen LogP contribution in [0.4, 0.5) is 11.4 Å². The summed E-state index contributed by atoms with van der Waals surface area (Å²) in [7, 11) is 1.83. The molecular formula is C38H36N8O4. The van der Waals surface area contributed by atoms with Gasteiger partial charge in [-0.2, -0.15) is 0 Å². The van der Waals surface area contributed by atoms with Crippen molar-refractivity contribution in [2.75, 3.05) is 30.0 Å². The Morgan fingerprint density at radius 2 is 1.46 bits per heavy atom. The molecule has 0 radical (unpaired) electrons. The van der Waals surface area contributed by atoms with Crippen LogP contribution in [0.5, 0.6) is 0 Å². The number of hydrogen-bond donors (Lipinski definition) is 1. The zero-order valence-corrected chi connectivity index (χ0v) is 28.4. The summed E-state index contributed by atoms with van der Waals surface area (Å²) in [6, 6.07) is 19.2. The fourth-order valence-corrected chi connectivity index (χ4v) is 6.51. The third kappa shape index (κ3) is 5.53. The van der Waals surface area contributed by atoms with Gasteiger partial charge >= 0.3 is 0 Å². The number of aromatic nitrogens is 6. The molecule has 2 amide bonds. The second-order valence-corrected chi connectivity index (χ2v) is 13.3. The van der Waals surface area contributed by atoms with E-state index in [1.807, 2.05) is 94.0 Å². The van der Waals surface area contributed by atoms with Gasteiger partial charge in [0.05, 0.1) is 29.5 Å². The van der Waals surface area contributed by atoms with Crippen LogP contribution in [-0.4, -0.2) is 66.8 Å². The van der Waals surface area contributed by atoms with Crippen molar-refractivity contribution >= 4 is 23.2 Å². The number of benzene rings is 2. The monoisotopic (exact) mass is 668 g/mol. The first-order valence-electron chi connectivity index (χ1n) is 16.2. The number of hydrogen-bond acceptors (Lipinski definition) is 9. The summed E-state index contributed by atoms with van der Waals surface area (Å²) >= 11 is 0. The smallest absolute Gasteiger partial charge is 0.248 e. The van der Waals surface area contributed by atoms with Crippen molar-refractivity contribution < 1.29 is 19.1 Å². The Kier molecular flexibility index (Phi) is 8.11. The van der Waals surface area contributed by atoms with E-state index in [4.69, 9.17) is 4.42 Å². The lowest BCUT2D eigenvalue weighted by atomic mass is 9.86. The SMILES string of the molecule is CC1(C)C(=O)N(CCO)c2cc(-c3nnc(-c4ccncc4)o3)ccc21.CN1C(=O)C(C)(C)c2ccc(-n3cnc(-c4cccnc4)c3)cc21. The molecule has 6 aromatic rings. The predicted octanol–water partition coefficient (Wildman–Crippen LogP) is 5.60. The van der Waals surface area contributed by atoms with Crippen LogP contribution in [0.15, 0.2) is 102 Å². The number of rotatable bonds is 6. The molecule has 2 aromatic carbocycles. The van der Waals surface area contributed by atoms with Crippen molar-refractivity contribution in [2.45, 2.75) is 38.5 Å². The maximum Gasteiger partial charge on any atom is 0.248 e. The van der Waals surface area contributed by atoms with E-state index >= 15 is 0 Å². The molecule has 0 aliphatic carbocycles. The lowest BCUT2D eigenvalue weighted by Crippen LogP contribution is -2.37. The first-order valence-corrected chi connectivity index (χ1v) is 16.2. The van der Waals surface area contributed by atoms with E-state index in [9.17, 15) is 14.7 Å². The van der Waals surface area contributed by atoms with Crippen LogP contribution in [0.2, 0.25) is 0 Å². The van der Waals surface area contributed by atoms with E-state index in [-0.39, 0.29) is 25.0 Å². The van der Waals surface area contributed by atoms with Crippen LogP contribution < -0.4 is 9.80 Å². The highest BCUT2D eigenvalue weighted by atomic mass is 16.4. The molecule has 0 atom stereocenters. The minimum atomic E-state index is -0.625. The Labute approximate surface area is 289 Å². The van der Waals surface area contributed by atoms with Gasteiger partial charge in [0.2, 0.25) is 23.6 Å². The zero-order chi connectivity index (χ0) is 35.2. The van der Waals surface area contributed by atoms with E-state index in [0.717, 1.165) is 50.6 Å². The number of β-amino-alcohol motifs (C(OH)–C–C–N with tert-alkyl or cyclic N) is 1. The first kappa shape index (κ1) is 32.5. The largest absolute Gasteiger partial charge is 0.416 e. The Balaban J connectivity index is 0.000000157. The van der Waals surface area contributed by atoms with Crippen molar-refractivity contribution in [2.24, 2.45) is 0 Å². The van der Waals surface area contributed by atoms with Gasteiger partial charge in [-0.05, 0) is 87.4 Å². The molecule has 12 heteroatoms. The average Bonchev–Trinajstić information content (AvgIpc) is 3.91. The lowest BCUT2D eigenvalue weighted by molar-refractivity contribution is -0.122. The molecule has 2 aliphatic heterocycles. The highest BCUT2D eigenvalue weighted by Gasteiger charge is 2.44. The Hall–Kier alpha value is -6.01. The fraction of sp³-hybridized carbons (Fsp3) is 0.237. The number of carbonyl (C=O) groups is 2. The molecule has 8 rings (SSSR count). The van der Waals surface area contributed by atoms with Crippen LogP contribution in [0, 0.1) is 0 Å². The summed E-state index contributed by atoms with van der Waals surface area (Å²) in [6.07, 6.45) is 10.6. The molecule has 6 heterocycles. The molecule has 4 aromatic heterocycles. The molecule has 1 N–H and O–H groups in total. The molecule has 50 heavy (non-hydrogen) atoms. The number of carbonyl (C=O) groups excluding carboxylic acids is 2. The van der Waals surface area contributed by atoms with Crippen molar-refractivity contribution in [3.63, 3.8) is 0 Å². The van der Waals surface area contributed by atoms with E-state index in [0.29, 0.717) is 11.8 Å². The van der Waals surface area contributed by atoms with Crippen LogP contribution in [0.25, 0.3) is 39.9 Å². The van der Waals surface area contributed by atoms with Crippen LogP contribution >= 0.6 is 0 Å². The summed E-state index contributed by atoms with van der Waals surface area (Å²) < 4.78 is 7.75. The number of imidazole rings is 1. The topological polar surface area (TPSA) is 143 Å². The molecule has 2 aliphatic rings. The minimum absolute atomic E-state index is 0.0262. The molecule has 252 valence electrons. The van der Waals surface area contributed by atoms with Gasteiger partial charge in [0, 0.05) is 78.3 Å². The maximum absolute atomic E-state index is 12.7. The van der Waals surface area contributed by atoms with Crippen LogP contribution in [-0.2, 0) is 20.4 Å². The molecule has 0 bridgehead atoms. The first-order chi connectivity index (χ1) is 24.0. The number of nitrogens with zero attached hydrogens (tertiary/aromatic N) is 8. The van der Waals surface area contributed by atoms with Crippen molar-refractivity contribution in [1.29, 1.82) is 0 Å². The minimum Gasteiger partial charge on any atom is -0.416 e. The highest BCUT2D eigenvalue weighted by Crippen LogP contribution is 2.44. The predicted molar refractivity (Wildman–Crippen MR) is 189 cm³/mol. The summed E-state index contributed by atoms with van der Waals surface area (Å²) in [5.74, 6) is 0.880. The van der Waals surface area contributed by atoms with E-state index in [1.165, 1.54) is 0 Å². The normalized spacial score (nSPS) is 15.5. The quantitative estimate of drug-likeness (QED) is 0.240. The van der Waals surface area contributed by atoms with Gasteiger partial charge in [0.25, 0.3) is 0 Å². The second kappa shape index (κ2) is 12.5. The van der Waals surface area contributed by atoms with Gasteiger partial charge in [0.1, 0.15) is 0 Å². The molecule has 0 spiro atoms. The number of fused-ring (bicyclic) bond motifs is 2. The Bertz CT molecular complexity index is 2210. The van der Waals surface area contributed by atoms with Gasteiger partial charge in [0.15, 0.2) is 0 Å². The van der Waals surface area contributed by atoms with Crippen molar-refractivity contribution in [3.05, 3.63) is 109 Å². The third-order valence-corrected chi connectivity index (χ3v) is 9.36. The summed E-state index contributed by atoms with van der Waals surface area (Å²) in [5.41, 5.74) is 6.96. The number of likely N-dealkylation sites (N-methyl/N-ethyl adjacent to an activating group) is 1. The van der Waals surface area contributed by atoms with E-state index in [2.05, 4.69) is 25.1 Å². The standard InChI is InChI=1S/C19H18N4O3.C19H18N4O/c1-19(2)14-4-3-13(11-15(14)23(9-10-24)18(19)25)17-22-21-16(26-17)12-5-7-20-8-6-12;1-19(2)15-7-6-14(9-17(15)22(3)18(19)24)23-11-16(21-12-23)13-5-4-8-20-10-13/h3-8,11,24H,9-10H2,1-2H3;4-12H,1-3H3. The Morgan fingerprint density at radius 3 is 2.18 bits per heavy atom. The molecular weight excluding hydrogens is 632 g/mol. The lowest BCUT2D eigenvalue weighted by Gasteiger charge is -2.19. The van der Waals surface area contributed by atoms with Crippen LogP contribution in [0.3, 0.4) is 0 Å². The molecule has 0 fully saturated rings. The number of pyridine rings is 2. The summed E-state index contributed by atoms with van der Waals surface area (Å²) in [6.45, 7) is 7.87. The average molecular weight is 669 g/mol. The van der Waals surface area contributed by atoms with Crippen molar-refractivity contribution in [3.8, 4) is 39.9 Å². The second-order valence-electron chi connectivity index (χ2n) is 13.3. The highest BCUT2D eigenvalue weighted by molar-refractivity contribution is 6.08.